The molecule has 9 nitrogen and oxygen atoms in total. The van der Waals surface area contributed by atoms with E-state index < -0.39 is 35.6 Å². The Morgan fingerprint density at radius 1 is 1.08 bits per heavy atom. The predicted octanol–water partition coefficient (Wildman–Crippen LogP) is 3.74. The van der Waals surface area contributed by atoms with Crippen molar-refractivity contribution in [1.82, 2.24) is 15.5 Å². The van der Waals surface area contributed by atoms with Gasteiger partial charge in [-0.1, -0.05) is 49.6 Å². The Morgan fingerprint density at radius 2 is 1.75 bits per heavy atom. The molecule has 4 N–H and O–H groups in total. The van der Waals surface area contributed by atoms with Gasteiger partial charge in [0.2, 0.25) is 17.7 Å². The maximum absolute atomic E-state index is 14.0. The Labute approximate surface area is 215 Å². The molecule has 9 heteroatoms. The van der Waals surface area contributed by atoms with Crippen LogP contribution in [0.2, 0.25) is 0 Å². The third kappa shape index (κ3) is 11.1. The Hall–Kier alpha value is -3.10. The average Bonchev–Trinajstić information content (AvgIpc) is 2.73. The Kier molecular flexibility index (Phi) is 12.4. The monoisotopic (exact) mass is 504 g/mol. The highest BCUT2D eigenvalue weighted by Gasteiger charge is 2.36. The maximum Gasteiger partial charge on any atom is 0.408 e. The Balaban J connectivity index is 3.48. The number of hydrogen-bond donors (Lipinski definition) is 3. The van der Waals surface area contributed by atoms with Gasteiger partial charge in [0.05, 0.1) is 0 Å². The van der Waals surface area contributed by atoms with E-state index in [-0.39, 0.29) is 24.8 Å². The molecule has 2 atom stereocenters. The zero-order valence-electron chi connectivity index (χ0n) is 22.8. The molecule has 0 saturated heterocycles. The van der Waals surface area contributed by atoms with Crippen LogP contribution in [0.1, 0.15) is 90.8 Å². The van der Waals surface area contributed by atoms with Crippen LogP contribution in [0, 0.1) is 6.92 Å². The summed E-state index contributed by atoms with van der Waals surface area (Å²) in [5.41, 5.74) is 6.19. The number of benzene rings is 1. The lowest BCUT2D eigenvalue weighted by molar-refractivity contribution is -0.143. The number of primary amides is 1. The molecule has 0 aliphatic rings. The molecule has 2 unspecified atom stereocenters. The van der Waals surface area contributed by atoms with Crippen molar-refractivity contribution < 1.29 is 23.9 Å². The zero-order valence-corrected chi connectivity index (χ0v) is 22.8. The van der Waals surface area contributed by atoms with E-state index in [1.807, 2.05) is 45.0 Å². The number of carbonyl (C=O) groups excluding carboxylic acids is 4. The molecule has 1 rings (SSSR count). The molecule has 0 fully saturated rings. The van der Waals surface area contributed by atoms with Gasteiger partial charge in [-0.2, -0.15) is 0 Å². The quantitative estimate of drug-likeness (QED) is 0.352. The van der Waals surface area contributed by atoms with Gasteiger partial charge in [-0.3, -0.25) is 14.4 Å². The van der Waals surface area contributed by atoms with Crippen molar-refractivity contribution in [3.8, 4) is 0 Å². The van der Waals surface area contributed by atoms with Crippen LogP contribution in [0.3, 0.4) is 0 Å². The van der Waals surface area contributed by atoms with E-state index >= 15 is 0 Å². The number of nitrogens with one attached hydrogen (secondary N) is 2. The molecular formula is C27H44N4O5. The molecule has 0 aliphatic heterocycles. The second kappa shape index (κ2) is 14.5. The van der Waals surface area contributed by atoms with Gasteiger partial charge in [0.15, 0.2) is 0 Å². The third-order valence-corrected chi connectivity index (χ3v) is 5.30. The van der Waals surface area contributed by atoms with Crippen LogP contribution < -0.4 is 16.4 Å². The number of aryl methyl sites for hydroxylation is 1. The summed E-state index contributed by atoms with van der Waals surface area (Å²) < 4.78 is 5.35. The van der Waals surface area contributed by atoms with Crippen molar-refractivity contribution in [3.63, 3.8) is 0 Å². The standard InChI is InChI=1S/C27H44N4O5/c1-8-9-10-16-31(23(24(33)29-18(2)3)20-13-11-12-19(4)17-20)25(34)21(14-15-22(28)32)30-26(35)36-27(5,6)7/h11-13,17-18,21,23H,8-10,14-16H2,1-7H3,(H2,28,32)(H,29,33)(H,30,35). The Morgan fingerprint density at radius 3 is 2.28 bits per heavy atom. The minimum Gasteiger partial charge on any atom is -0.444 e. The van der Waals surface area contributed by atoms with Crippen LogP contribution in [0.4, 0.5) is 4.79 Å². The number of nitrogens with two attached hydrogens (primary N) is 1. The number of hydrogen-bond acceptors (Lipinski definition) is 5. The van der Waals surface area contributed by atoms with E-state index in [9.17, 15) is 19.2 Å². The molecule has 0 saturated carbocycles. The summed E-state index contributed by atoms with van der Waals surface area (Å²) in [6.07, 6.45) is 1.57. The minimum atomic E-state index is -1.09. The van der Waals surface area contributed by atoms with Crippen molar-refractivity contribution in [2.24, 2.45) is 5.73 Å². The van der Waals surface area contributed by atoms with E-state index in [4.69, 9.17) is 10.5 Å². The fraction of sp³-hybridized carbons (Fsp3) is 0.630. The second-order valence-electron chi connectivity index (χ2n) is 10.4. The average molecular weight is 505 g/mol. The highest BCUT2D eigenvalue weighted by molar-refractivity contribution is 5.92. The summed E-state index contributed by atoms with van der Waals surface area (Å²) in [5.74, 6) is -1.38. The minimum absolute atomic E-state index is 0.00990. The van der Waals surface area contributed by atoms with E-state index in [0.717, 1.165) is 18.4 Å². The van der Waals surface area contributed by atoms with E-state index in [0.29, 0.717) is 18.5 Å². The number of ether oxygens (including phenoxy) is 1. The summed E-state index contributed by atoms with van der Waals surface area (Å²) >= 11 is 0. The first-order valence-electron chi connectivity index (χ1n) is 12.7. The molecule has 36 heavy (non-hydrogen) atoms. The number of nitrogens with zero attached hydrogens (tertiary/aromatic N) is 1. The van der Waals surface area contributed by atoms with Gasteiger partial charge in [0.25, 0.3) is 0 Å². The summed E-state index contributed by atoms with van der Waals surface area (Å²) in [5, 5.41) is 5.53. The van der Waals surface area contributed by atoms with Crippen molar-refractivity contribution in [3.05, 3.63) is 35.4 Å². The molecule has 0 bridgehead atoms. The fourth-order valence-electron chi connectivity index (χ4n) is 3.77. The van der Waals surface area contributed by atoms with E-state index in [1.165, 1.54) is 4.90 Å². The smallest absolute Gasteiger partial charge is 0.408 e. The van der Waals surface area contributed by atoms with Gasteiger partial charge in [-0.15, -0.1) is 0 Å². The van der Waals surface area contributed by atoms with Crippen molar-refractivity contribution in [2.75, 3.05) is 6.54 Å². The van der Waals surface area contributed by atoms with Crippen LogP contribution in [-0.2, 0) is 19.1 Å². The number of alkyl carbamates (subject to hydrolysis) is 1. The van der Waals surface area contributed by atoms with Gasteiger partial charge in [0, 0.05) is 19.0 Å². The first kappa shape index (κ1) is 30.9. The Bertz CT molecular complexity index is 894. The van der Waals surface area contributed by atoms with Gasteiger partial charge in [-0.05, 0) is 59.9 Å². The molecule has 0 heterocycles. The molecule has 202 valence electrons. The van der Waals surface area contributed by atoms with Gasteiger partial charge in [0.1, 0.15) is 17.7 Å². The lowest BCUT2D eigenvalue weighted by Gasteiger charge is -2.35. The predicted molar refractivity (Wildman–Crippen MR) is 140 cm³/mol. The number of rotatable bonds is 13. The molecule has 0 aliphatic carbocycles. The van der Waals surface area contributed by atoms with Crippen molar-refractivity contribution in [1.29, 1.82) is 0 Å². The first-order chi connectivity index (χ1) is 16.7. The van der Waals surface area contributed by atoms with E-state index in [2.05, 4.69) is 17.6 Å². The molecule has 0 aromatic heterocycles. The summed E-state index contributed by atoms with van der Waals surface area (Å²) in [6, 6.07) is 5.33. The normalized spacial score (nSPS) is 13.0. The lowest BCUT2D eigenvalue weighted by Crippen LogP contribution is -2.54. The topological polar surface area (TPSA) is 131 Å². The first-order valence-corrected chi connectivity index (χ1v) is 12.7. The number of carbonyl (C=O) groups is 4. The van der Waals surface area contributed by atoms with E-state index in [1.54, 1.807) is 20.8 Å². The van der Waals surface area contributed by atoms with Gasteiger partial charge >= 0.3 is 6.09 Å². The third-order valence-electron chi connectivity index (χ3n) is 5.30. The van der Waals surface area contributed by atoms with Gasteiger partial charge < -0.3 is 26.0 Å². The summed E-state index contributed by atoms with van der Waals surface area (Å²) in [7, 11) is 0. The van der Waals surface area contributed by atoms with Crippen LogP contribution >= 0.6 is 0 Å². The molecule has 0 spiro atoms. The lowest BCUT2D eigenvalue weighted by atomic mass is 9.99. The summed E-state index contributed by atoms with van der Waals surface area (Å²) in [4.78, 5) is 53.0. The molecular weight excluding hydrogens is 460 g/mol. The van der Waals surface area contributed by atoms with Crippen molar-refractivity contribution >= 4 is 23.8 Å². The number of unbranched alkanes of at least 4 members (excludes halogenated alkanes) is 2. The highest BCUT2D eigenvalue weighted by Crippen LogP contribution is 2.25. The largest absolute Gasteiger partial charge is 0.444 e. The van der Waals surface area contributed by atoms with Crippen molar-refractivity contribution in [2.45, 2.75) is 104 Å². The zero-order chi connectivity index (χ0) is 27.5. The molecule has 1 aromatic carbocycles. The second-order valence-corrected chi connectivity index (χ2v) is 10.4. The van der Waals surface area contributed by atoms with Crippen LogP contribution in [0.25, 0.3) is 0 Å². The molecule has 4 amide bonds. The summed E-state index contributed by atoms with van der Waals surface area (Å²) in [6.45, 7) is 13.1. The highest BCUT2D eigenvalue weighted by atomic mass is 16.6. The molecule has 0 radical (unpaired) electrons. The molecule has 1 aromatic rings. The maximum atomic E-state index is 14.0. The van der Waals surface area contributed by atoms with Crippen LogP contribution in [0.15, 0.2) is 24.3 Å². The van der Waals surface area contributed by atoms with Crippen LogP contribution in [-0.4, -0.2) is 52.9 Å². The van der Waals surface area contributed by atoms with Crippen LogP contribution in [0.5, 0.6) is 0 Å². The fourth-order valence-corrected chi connectivity index (χ4v) is 3.77. The number of amides is 4. The van der Waals surface area contributed by atoms with Gasteiger partial charge in [-0.25, -0.2) is 4.79 Å². The SMILES string of the molecule is CCCCCN(C(=O)C(CCC(N)=O)NC(=O)OC(C)(C)C)C(C(=O)NC(C)C)c1cccc(C)c1.